The van der Waals surface area contributed by atoms with Gasteiger partial charge in [-0.1, -0.05) is 0 Å². The largest absolute Gasteiger partial charge is 0.455 e. The normalized spacial score (nSPS) is 38.6. The number of aliphatic imine (C=N–C) groups is 1. The van der Waals surface area contributed by atoms with Crippen LogP contribution in [-0.2, 0) is 205 Å². The lowest BCUT2D eigenvalue weighted by Gasteiger charge is -2.51. The van der Waals surface area contributed by atoms with Crippen LogP contribution >= 0.6 is 0 Å². The van der Waals surface area contributed by atoms with Gasteiger partial charge in [0.2, 0.25) is 6.08 Å². The second-order valence-electron chi connectivity index (χ2n) is 28.1. The molecule has 0 spiro atoms. The molecule has 35 unspecified atom stereocenters. The van der Waals surface area contributed by atoms with E-state index in [9.17, 15) is 103 Å². The number of hydrogen-bond acceptors (Lipinski definition) is 50. The van der Waals surface area contributed by atoms with Crippen LogP contribution in [0.2, 0.25) is 0 Å². The Balaban J connectivity index is 1.40. The highest BCUT2D eigenvalue weighted by molar-refractivity contribution is 5.72. The summed E-state index contributed by atoms with van der Waals surface area (Å²) in [4.78, 5) is 205. The molecule has 50 heteroatoms. The summed E-state index contributed by atoms with van der Waals surface area (Å²) in [6, 6.07) is 0. The Labute approximate surface area is 686 Å². The van der Waals surface area contributed by atoms with Crippen molar-refractivity contribution in [3.05, 3.63) is 0 Å². The van der Waals surface area contributed by atoms with Crippen LogP contribution in [0.3, 0.4) is 0 Å². The van der Waals surface area contributed by atoms with Crippen LogP contribution in [0.4, 0.5) is 0 Å². The minimum Gasteiger partial charge on any atom is -0.455 e. The smallest absolute Gasteiger partial charge is 0.303 e. The van der Waals surface area contributed by atoms with Gasteiger partial charge in [-0.15, -0.1) is 0 Å². The summed E-state index contributed by atoms with van der Waals surface area (Å²) in [6.45, 7) is 2.81. The van der Waals surface area contributed by atoms with Crippen LogP contribution in [0, 0.1) is 0 Å². The molecule has 21 heterocycles. The monoisotopic (exact) mass is 1750 g/mol. The van der Waals surface area contributed by atoms with Crippen LogP contribution in [-0.4, -0.2) is 381 Å². The van der Waals surface area contributed by atoms with E-state index < -0.39 is 345 Å². The van der Waals surface area contributed by atoms with Gasteiger partial charge in [0.1, 0.15) is 85.5 Å². The molecule has 21 aliphatic heterocycles. The molecule has 50 nitrogen and oxygen atoms in total. The Hall–Kier alpha value is -8.84. The molecule has 0 aromatic heterocycles. The zero-order valence-electron chi connectivity index (χ0n) is 67.3. The number of ether oxygens (including phenoxy) is 28. The fourth-order valence-electron chi connectivity index (χ4n) is 14.8. The number of carbonyl (C=O) groups is 14. The lowest BCUT2D eigenvalue weighted by molar-refractivity contribution is -0.396. The Bertz CT molecular complexity index is 3620. The predicted octanol–water partition coefficient (Wildman–Crippen LogP) is -6.90. The van der Waals surface area contributed by atoms with Crippen molar-refractivity contribution in [1.29, 1.82) is 0 Å². The third-order valence-corrected chi connectivity index (χ3v) is 18.8. The van der Waals surface area contributed by atoms with Crippen molar-refractivity contribution in [3.8, 4) is 0 Å². The van der Waals surface area contributed by atoms with E-state index in [4.69, 9.17) is 133 Å². The zero-order chi connectivity index (χ0) is 89.5. The molecular formula is C71H97NO49. The van der Waals surface area contributed by atoms with E-state index in [1.54, 1.807) is 0 Å². The van der Waals surface area contributed by atoms with Crippen LogP contribution in [0.25, 0.3) is 0 Å². The molecule has 0 saturated carbocycles. The molecule has 21 saturated heterocycles. The summed E-state index contributed by atoms with van der Waals surface area (Å²) in [5, 5.41) is 68.5. The molecule has 0 aromatic rings. The first kappa shape index (κ1) is 97.6. The predicted molar refractivity (Wildman–Crippen MR) is 368 cm³/mol. The third kappa shape index (κ3) is 24.8. The number of esters is 14. The van der Waals surface area contributed by atoms with Gasteiger partial charge in [0.25, 0.3) is 0 Å². The van der Waals surface area contributed by atoms with Crippen molar-refractivity contribution in [2.45, 2.75) is 312 Å². The van der Waals surface area contributed by atoms with E-state index in [1.165, 1.54) is 6.08 Å². The van der Waals surface area contributed by atoms with Crippen LogP contribution < -0.4 is 0 Å². The molecule has 0 aromatic carbocycles. The molecule has 0 radical (unpaired) electrons. The summed E-state index contributed by atoms with van der Waals surface area (Å²) in [6.07, 6.45) is -76.0. The quantitative estimate of drug-likeness (QED) is 0.0254. The number of aliphatic hydroxyl groups excluding tert-OH is 6. The van der Waals surface area contributed by atoms with Gasteiger partial charge in [-0.3, -0.25) is 67.1 Å². The van der Waals surface area contributed by atoms with Crippen LogP contribution in [0.5, 0.6) is 0 Å². The molecule has 14 bridgehead atoms. The molecule has 121 heavy (non-hydrogen) atoms. The summed E-state index contributed by atoms with van der Waals surface area (Å²) < 4.78 is 170. The third-order valence-electron chi connectivity index (χ3n) is 18.8. The number of rotatable bonds is 22. The first-order valence-corrected chi connectivity index (χ1v) is 37.4. The molecule has 0 amide bonds. The van der Waals surface area contributed by atoms with E-state index in [0.29, 0.717) is 0 Å². The highest BCUT2D eigenvalue weighted by Crippen LogP contribution is 2.44. The fourth-order valence-corrected chi connectivity index (χ4v) is 14.8. The Morgan fingerprint density at radius 1 is 0.207 bits per heavy atom. The van der Waals surface area contributed by atoms with Crippen LogP contribution in [0.1, 0.15) is 96.9 Å². The molecule has 680 valence electrons. The van der Waals surface area contributed by atoms with Crippen molar-refractivity contribution in [2.24, 2.45) is 4.99 Å². The molecule has 21 rings (SSSR count). The summed E-state index contributed by atoms with van der Waals surface area (Å²) in [5.74, 6) is -17.4. The molecule has 6 N–H and O–H groups in total. The molecule has 21 aliphatic rings. The van der Waals surface area contributed by atoms with Gasteiger partial charge in [0.15, 0.2) is 129 Å². The van der Waals surface area contributed by atoms with Gasteiger partial charge < -0.3 is 163 Å². The second-order valence-corrected chi connectivity index (χ2v) is 28.1. The first-order valence-electron chi connectivity index (χ1n) is 37.4. The molecule has 35 atom stereocenters. The lowest BCUT2D eigenvalue weighted by Crippen LogP contribution is -2.70. The van der Waals surface area contributed by atoms with Gasteiger partial charge in [-0.25, -0.2) is 9.79 Å². The van der Waals surface area contributed by atoms with Crippen molar-refractivity contribution in [3.63, 3.8) is 0 Å². The number of isocyanates is 1. The summed E-state index contributed by atoms with van der Waals surface area (Å²) >= 11 is 0. The number of aliphatic hydroxyl groups is 6. The van der Waals surface area contributed by atoms with E-state index in [2.05, 4.69) is 4.99 Å². The highest BCUT2D eigenvalue weighted by Gasteiger charge is 2.66. The van der Waals surface area contributed by atoms with Gasteiger partial charge >= 0.3 is 83.6 Å². The second kappa shape index (κ2) is 44.0. The van der Waals surface area contributed by atoms with Crippen molar-refractivity contribution in [1.82, 2.24) is 0 Å². The van der Waals surface area contributed by atoms with E-state index in [0.717, 1.165) is 96.9 Å². The van der Waals surface area contributed by atoms with Crippen LogP contribution in [0.15, 0.2) is 4.99 Å². The van der Waals surface area contributed by atoms with Crippen molar-refractivity contribution < 1.29 is 235 Å². The van der Waals surface area contributed by atoms with Gasteiger partial charge in [0, 0.05) is 96.9 Å². The number of hydrogen-bond donors (Lipinski definition) is 6. The van der Waals surface area contributed by atoms with Gasteiger partial charge in [-0.05, 0) is 0 Å². The highest BCUT2D eigenvalue weighted by atomic mass is 16.8. The average Bonchev–Trinajstić information content (AvgIpc) is 0.783. The molecular weight excluding hydrogens is 1650 g/mol. The maximum absolute atomic E-state index is 13.6. The first-order chi connectivity index (χ1) is 57.2. The van der Waals surface area contributed by atoms with E-state index in [1.807, 2.05) is 0 Å². The van der Waals surface area contributed by atoms with Gasteiger partial charge in [-0.2, -0.15) is 0 Å². The maximum atomic E-state index is 13.6. The zero-order valence-corrected chi connectivity index (χ0v) is 67.3. The Morgan fingerprint density at radius 3 is 0.438 bits per heavy atom. The minimum atomic E-state index is -2.35. The standard InChI is InChI=1S/C71H97NO49/c1-23(80)94-51-44-37(15-72-22-79)108-65(58(51)101-30(8)87)116-45-38(16-73)110-67(60(103-32(10)89)52(45)95-24(2)81)118-47-40(18-75)112-69(62(105-34(12)91)54(47)97-26(4)83)120-49-42(20-77)114-71(64(107-36(14)93)56(49)99-28(6)85)121-50-43(21-78)113-70(63(106-35(13)92)57(50)100-29(7)86)119-48-41(19-76)111-68(61(104-33(11)90)55(48)98-27(5)84)117-46-39(17-74)109-66(115-44)59(102-31(9)88)53(46)96-25(3)82/h37-71,73-78H,15-21H2,1-14H3. The van der Waals surface area contributed by atoms with E-state index >= 15 is 0 Å². The SMILES string of the molecule is CC(=O)OC1C2OC(CO)C(OC3OC(CO)C(OC4OC(CO)C(OC5OC(CO)C(OC6OC(CN=C=O)C(OC7OC(CO)C(OC8OC(CO)C(O2)C(OC(C)=O)C8OC(C)=O)C(OC(C)=O)C7OC(C)=O)C(OC(C)=O)C6OC(C)=O)C(OC(C)=O)C5OC(C)=O)C(OC(C)=O)C4OC(C)=O)C(OC(C)=O)C3OC(C)=O)C1OC(C)=O. The van der Waals surface area contributed by atoms with Gasteiger partial charge in [0.05, 0.1) is 46.2 Å². The molecule has 0 aliphatic carbocycles. The Kier molecular flexibility index (Phi) is 35.5. The number of carbonyl (C=O) groups excluding carboxylic acids is 15. The Morgan fingerprint density at radius 2 is 0.322 bits per heavy atom. The summed E-state index contributed by atoms with van der Waals surface area (Å²) in [7, 11) is 0. The average molecular weight is 1750 g/mol. The molecule has 21 fully saturated rings. The maximum Gasteiger partial charge on any atom is 0.303 e. The topological polar surface area (TPSA) is 648 Å². The fraction of sp³-hybridized carbons (Fsp3) is 0.789. The van der Waals surface area contributed by atoms with Crippen molar-refractivity contribution in [2.75, 3.05) is 46.2 Å². The lowest BCUT2D eigenvalue weighted by atomic mass is 9.94. The van der Waals surface area contributed by atoms with Crippen molar-refractivity contribution >= 4 is 89.7 Å². The van der Waals surface area contributed by atoms with E-state index in [-0.39, 0.29) is 0 Å². The minimum absolute atomic E-state index is 0.818. The number of nitrogens with zero attached hydrogens (tertiary/aromatic N) is 1. The summed E-state index contributed by atoms with van der Waals surface area (Å²) in [5.41, 5.74) is 0.